The monoisotopic (exact) mass is 325 g/mol. The van der Waals surface area contributed by atoms with Crippen LogP contribution in [0.1, 0.15) is 24.0 Å². The first-order valence-electron chi connectivity index (χ1n) is 6.60. The number of likely N-dealkylation sites (tertiary alicyclic amines) is 1. The van der Waals surface area contributed by atoms with Crippen LogP contribution >= 0.6 is 15.9 Å². The molecule has 19 heavy (non-hydrogen) atoms. The first kappa shape index (κ1) is 12.9. The molecule has 1 amide bonds. The molecular weight excluding hydrogens is 310 g/mol. The van der Waals surface area contributed by atoms with Gasteiger partial charge in [0.05, 0.1) is 13.2 Å². The third-order valence-corrected chi connectivity index (χ3v) is 4.05. The topological polar surface area (TPSA) is 38.8 Å². The summed E-state index contributed by atoms with van der Waals surface area (Å²) in [4.78, 5) is 13.8. The van der Waals surface area contributed by atoms with Gasteiger partial charge in [0.2, 0.25) is 0 Å². The van der Waals surface area contributed by atoms with Crippen molar-refractivity contribution in [3.8, 4) is 5.75 Å². The van der Waals surface area contributed by atoms with Gasteiger partial charge in [-0.1, -0.05) is 15.9 Å². The van der Waals surface area contributed by atoms with Crippen molar-refractivity contribution in [3.63, 3.8) is 0 Å². The number of ether oxygens (including phenoxy) is 2. The second-order valence-corrected chi connectivity index (χ2v) is 5.82. The molecule has 2 aliphatic heterocycles. The van der Waals surface area contributed by atoms with Crippen molar-refractivity contribution in [2.75, 3.05) is 19.7 Å². The zero-order valence-corrected chi connectivity index (χ0v) is 12.2. The van der Waals surface area contributed by atoms with E-state index in [9.17, 15) is 4.79 Å². The molecule has 2 aliphatic rings. The Labute approximate surface area is 120 Å². The van der Waals surface area contributed by atoms with Crippen molar-refractivity contribution in [1.29, 1.82) is 0 Å². The standard InChI is InChI=1S/C14H16BrNO3/c15-11-7-10-3-6-18-9-12(10)13(8-11)19-14(17)16-4-1-2-5-16/h7-8H,1-6,9H2. The van der Waals surface area contributed by atoms with Gasteiger partial charge >= 0.3 is 6.09 Å². The molecule has 1 fully saturated rings. The molecule has 102 valence electrons. The lowest BCUT2D eigenvalue weighted by Crippen LogP contribution is -2.31. The molecule has 1 aromatic rings. The van der Waals surface area contributed by atoms with Crippen LogP contribution in [0.3, 0.4) is 0 Å². The molecule has 0 bridgehead atoms. The molecule has 2 heterocycles. The summed E-state index contributed by atoms with van der Waals surface area (Å²) in [6.45, 7) is 2.84. The minimum atomic E-state index is -0.247. The summed E-state index contributed by atoms with van der Waals surface area (Å²) in [7, 11) is 0. The van der Waals surface area contributed by atoms with Gasteiger partial charge in [0, 0.05) is 23.1 Å². The van der Waals surface area contributed by atoms with Crippen molar-refractivity contribution in [3.05, 3.63) is 27.7 Å². The summed E-state index contributed by atoms with van der Waals surface area (Å²) in [5.74, 6) is 0.626. The maximum absolute atomic E-state index is 12.1. The van der Waals surface area contributed by atoms with Crippen LogP contribution in [0.15, 0.2) is 16.6 Å². The van der Waals surface area contributed by atoms with Crippen molar-refractivity contribution in [2.24, 2.45) is 0 Å². The number of benzene rings is 1. The van der Waals surface area contributed by atoms with Crippen LogP contribution in [-0.2, 0) is 17.8 Å². The summed E-state index contributed by atoms with van der Waals surface area (Å²) in [6.07, 6.45) is 2.75. The lowest BCUT2D eigenvalue weighted by molar-refractivity contribution is 0.107. The predicted octanol–water partition coefficient (Wildman–Crippen LogP) is 3.12. The highest BCUT2D eigenvalue weighted by molar-refractivity contribution is 9.10. The minimum absolute atomic E-state index is 0.247. The fraction of sp³-hybridized carbons (Fsp3) is 0.500. The average Bonchev–Trinajstić information content (AvgIpc) is 2.92. The van der Waals surface area contributed by atoms with Gasteiger partial charge < -0.3 is 14.4 Å². The number of fused-ring (bicyclic) bond motifs is 1. The quantitative estimate of drug-likeness (QED) is 0.796. The molecule has 0 radical (unpaired) electrons. The summed E-state index contributed by atoms with van der Waals surface area (Å²) < 4.78 is 12.0. The Balaban J connectivity index is 1.83. The van der Waals surface area contributed by atoms with E-state index in [2.05, 4.69) is 22.0 Å². The van der Waals surface area contributed by atoms with Crippen LogP contribution in [-0.4, -0.2) is 30.7 Å². The number of hydrogen-bond donors (Lipinski definition) is 0. The molecule has 0 N–H and O–H groups in total. The smallest absolute Gasteiger partial charge is 0.410 e. The molecule has 5 heteroatoms. The first-order chi connectivity index (χ1) is 9.24. The molecule has 0 unspecified atom stereocenters. The second kappa shape index (κ2) is 5.51. The fourth-order valence-electron chi connectivity index (χ4n) is 2.56. The predicted molar refractivity (Wildman–Crippen MR) is 74.3 cm³/mol. The molecule has 0 atom stereocenters. The Kier molecular flexibility index (Phi) is 3.75. The lowest BCUT2D eigenvalue weighted by atomic mass is 10.0. The maximum Gasteiger partial charge on any atom is 0.415 e. The van der Waals surface area contributed by atoms with Crippen molar-refractivity contribution >= 4 is 22.0 Å². The van der Waals surface area contributed by atoms with Gasteiger partial charge in [0.15, 0.2) is 0 Å². The number of halogens is 1. The number of amides is 1. The van der Waals surface area contributed by atoms with Gasteiger partial charge in [-0.3, -0.25) is 0 Å². The zero-order chi connectivity index (χ0) is 13.2. The number of rotatable bonds is 1. The SMILES string of the molecule is O=C(Oc1cc(Br)cc2c1COCC2)N1CCCC1. The average molecular weight is 326 g/mol. The molecule has 1 saturated heterocycles. The van der Waals surface area contributed by atoms with Gasteiger partial charge in [0.25, 0.3) is 0 Å². The molecule has 4 nitrogen and oxygen atoms in total. The minimum Gasteiger partial charge on any atom is -0.410 e. The summed E-state index contributed by atoms with van der Waals surface area (Å²) in [6, 6.07) is 3.92. The Morgan fingerprint density at radius 2 is 2.11 bits per heavy atom. The Morgan fingerprint density at radius 3 is 2.89 bits per heavy atom. The van der Waals surface area contributed by atoms with Crippen LogP contribution < -0.4 is 4.74 Å². The maximum atomic E-state index is 12.1. The van der Waals surface area contributed by atoms with Crippen LogP contribution in [0.2, 0.25) is 0 Å². The Bertz CT molecular complexity index is 498. The molecule has 0 spiro atoms. The van der Waals surface area contributed by atoms with E-state index in [0.717, 1.165) is 49.0 Å². The molecule has 0 aliphatic carbocycles. The van der Waals surface area contributed by atoms with Gasteiger partial charge in [-0.2, -0.15) is 0 Å². The summed E-state index contributed by atoms with van der Waals surface area (Å²) >= 11 is 3.47. The van der Waals surface area contributed by atoms with Crippen LogP contribution in [0.25, 0.3) is 0 Å². The molecule has 0 saturated carbocycles. The fourth-order valence-corrected chi connectivity index (χ4v) is 3.04. The van der Waals surface area contributed by atoms with Gasteiger partial charge in [-0.25, -0.2) is 4.79 Å². The highest BCUT2D eigenvalue weighted by atomic mass is 79.9. The van der Waals surface area contributed by atoms with E-state index in [1.165, 1.54) is 5.56 Å². The van der Waals surface area contributed by atoms with Crippen molar-refractivity contribution in [2.45, 2.75) is 25.9 Å². The van der Waals surface area contributed by atoms with E-state index >= 15 is 0 Å². The number of carbonyl (C=O) groups excluding carboxylic acids is 1. The number of hydrogen-bond acceptors (Lipinski definition) is 3. The highest BCUT2D eigenvalue weighted by Crippen LogP contribution is 2.31. The lowest BCUT2D eigenvalue weighted by Gasteiger charge is -2.21. The zero-order valence-electron chi connectivity index (χ0n) is 10.7. The number of nitrogens with zero attached hydrogens (tertiary/aromatic N) is 1. The molecule has 3 rings (SSSR count). The van der Waals surface area contributed by atoms with Crippen molar-refractivity contribution < 1.29 is 14.3 Å². The van der Waals surface area contributed by atoms with E-state index in [1.54, 1.807) is 4.90 Å². The molecular formula is C14H16BrNO3. The number of carbonyl (C=O) groups is 1. The molecule has 1 aromatic carbocycles. The third-order valence-electron chi connectivity index (χ3n) is 3.59. The van der Waals surface area contributed by atoms with E-state index in [0.29, 0.717) is 12.4 Å². The summed E-state index contributed by atoms with van der Waals surface area (Å²) in [5.41, 5.74) is 2.20. The highest BCUT2D eigenvalue weighted by Gasteiger charge is 2.23. The van der Waals surface area contributed by atoms with E-state index in [4.69, 9.17) is 9.47 Å². The van der Waals surface area contributed by atoms with E-state index < -0.39 is 0 Å². The van der Waals surface area contributed by atoms with Crippen LogP contribution in [0, 0.1) is 0 Å². The second-order valence-electron chi connectivity index (χ2n) is 4.91. The van der Waals surface area contributed by atoms with Gasteiger partial charge in [0.1, 0.15) is 5.75 Å². The van der Waals surface area contributed by atoms with Crippen LogP contribution in [0.5, 0.6) is 5.75 Å². The van der Waals surface area contributed by atoms with E-state index in [1.807, 2.05) is 6.07 Å². The van der Waals surface area contributed by atoms with E-state index in [-0.39, 0.29) is 6.09 Å². The van der Waals surface area contributed by atoms with Crippen LogP contribution in [0.4, 0.5) is 4.79 Å². The normalized spacial score (nSPS) is 18.3. The Morgan fingerprint density at radius 1 is 1.32 bits per heavy atom. The largest absolute Gasteiger partial charge is 0.415 e. The van der Waals surface area contributed by atoms with Gasteiger partial charge in [-0.15, -0.1) is 0 Å². The Hall–Kier alpha value is -1.07. The first-order valence-corrected chi connectivity index (χ1v) is 7.39. The summed E-state index contributed by atoms with van der Waals surface area (Å²) in [5, 5.41) is 0. The van der Waals surface area contributed by atoms with Crippen molar-refractivity contribution in [1.82, 2.24) is 4.90 Å². The molecule has 0 aromatic heterocycles. The third kappa shape index (κ3) is 2.77. The van der Waals surface area contributed by atoms with Gasteiger partial charge in [-0.05, 0) is 37.0 Å².